The van der Waals surface area contributed by atoms with E-state index in [1.54, 1.807) is 37.3 Å². The summed E-state index contributed by atoms with van der Waals surface area (Å²) in [5.41, 5.74) is 1.08. The molecule has 7 heteroatoms. The molecule has 6 nitrogen and oxygen atoms in total. The van der Waals surface area contributed by atoms with Crippen molar-refractivity contribution in [3.8, 4) is 0 Å². The van der Waals surface area contributed by atoms with Crippen LogP contribution in [0.5, 0.6) is 0 Å². The number of ether oxygens (including phenoxy) is 1. The van der Waals surface area contributed by atoms with Crippen molar-refractivity contribution in [2.45, 2.75) is 18.7 Å². The SMILES string of the molecule is CCOC(=O)C(/C=C/c1ccccc1)=C(/C=O)NS(=O)(=O)c1ccc(C)cc1. The second-order valence-electron chi connectivity index (χ2n) is 5.83. The minimum atomic E-state index is -4.05. The molecule has 0 heterocycles. The number of sulfonamides is 1. The Morgan fingerprint density at radius 1 is 1.07 bits per heavy atom. The summed E-state index contributed by atoms with van der Waals surface area (Å²) < 4.78 is 32.3. The average molecular weight is 399 g/mol. The molecule has 0 saturated heterocycles. The highest BCUT2D eigenvalue weighted by molar-refractivity contribution is 7.89. The standard InChI is InChI=1S/C21H21NO5S/c1-3-27-21(24)19(14-11-17-7-5-4-6-8-17)20(15-23)22-28(25,26)18-12-9-16(2)10-13-18/h4-15,22H,3H2,1-2H3/b14-11+,20-19-. The number of benzene rings is 2. The lowest BCUT2D eigenvalue weighted by molar-refractivity contribution is -0.138. The Bertz CT molecular complexity index is 991. The maximum Gasteiger partial charge on any atom is 0.340 e. The summed E-state index contributed by atoms with van der Waals surface area (Å²) >= 11 is 0. The molecule has 0 aliphatic carbocycles. The predicted molar refractivity (Wildman–Crippen MR) is 107 cm³/mol. The zero-order valence-electron chi connectivity index (χ0n) is 15.6. The van der Waals surface area contributed by atoms with Gasteiger partial charge in [0.25, 0.3) is 10.0 Å². The van der Waals surface area contributed by atoms with Crippen molar-refractivity contribution < 1.29 is 22.7 Å². The van der Waals surface area contributed by atoms with Crippen LogP contribution in [0.4, 0.5) is 0 Å². The summed E-state index contributed by atoms with van der Waals surface area (Å²) in [6.45, 7) is 3.53. The lowest BCUT2D eigenvalue weighted by Gasteiger charge is -2.11. The normalized spacial score (nSPS) is 12.4. The number of esters is 1. The van der Waals surface area contributed by atoms with Crippen molar-refractivity contribution in [1.82, 2.24) is 4.72 Å². The van der Waals surface area contributed by atoms with E-state index in [9.17, 15) is 18.0 Å². The number of allylic oxidation sites excluding steroid dienone is 1. The van der Waals surface area contributed by atoms with Crippen LogP contribution < -0.4 is 4.72 Å². The Kier molecular flexibility index (Phi) is 7.28. The Balaban J connectivity index is 2.45. The van der Waals surface area contributed by atoms with Crippen LogP contribution in [0.15, 0.2) is 76.8 Å². The van der Waals surface area contributed by atoms with Crippen LogP contribution in [0.2, 0.25) is 0 Å². The lowest BCUT2D eigenvalue weighted by atomic mass is 10.1. The largest absolute Gasteiger partial charge is 0.462 e. The van der Waals surface area contributed by atoms with Gasteiger partial charge in [-0.2, -0.15) is 0 Å². The highest BCUT2D eigenvalue weighted by Gasteiger charge is 2.20. The van der Waals surface area contributed by atoms with Crippen LogP contribution in [-0.4, -0.2) is 27.3 Å². The van der Waals surface area contributed by atoms with E-state index in [0.29, 0.717) is 0 Å². The Labute approximate surface area is 164 Å². The minimum Gasteiger partial charge on any atom is -0.462 e. The highest BCUT2D eigenvalue weighted by atomic mass is 32.2. The first-order valence-corrected chi connectivity index (χ1v) is 10.0. The molecular formula is C21H21NO5S. The fourth-order valence-corrected chi connectivity index (χ4v) is 3.34. The molecule has 0 atom stereocenters. The molecule has 0 amide bonds. The summed E-state index contributed by atoms with van der Waals surface area (Å²) in [6.07, 6.45) is 3.23. The second kappa shape index (κ2) is 9.66. The number of rotatable bonds is 8. The van der Waals surface area contributed by atoms with E-state index in [1.807, 2.05) is 25.1 Å². The van der Waals surface area contributed by atoms with Crippen molar-refractivity contribution in [3.63, 3.8) is 0 Å². The molecule has 0 radical (unpaired) electrons. The molecule has 0 aromatic heterocycles. The molecule has 0 unspecified atom stereocenters. The predicted octanol–water partition coefficient (Wildman–Crippen LogP) is 3.00. The number of nitrogens with one attached hydrogen (secondary N) is 1. The maximum atomic E-state index is 12.6. The van der Waals surface area contributed by atoms with Crippen molar-refractivity contribution in [3.05, 3.63) is 83.1 Å². The van der Waals surface area contributed by atoms with Gasteiger partial charge in [0.2, 0.25) is 0 Å². The average Bonchev–Trinajstić information content (AvgIpc) is 2.68. The zero-order chi connectivity index (χ0) is 20.6. The third-order valence-corrected chi connectivity index (χ3v) is 5.10. The molecule has 0 aliphatic rings. The number of hydrogen-bond donors (Lipinski definition) is 1. The van der Waals surface area contributed by atoms with Gasteiger partial charge in [-0.25, -0.2) is 13.2 Å². The van der Waals surface area contributed by atoms with Gasteiger partial charge in [-0.1, -0.05) is 54.1 Å². The quantitative estimate of drug-likeness (QED) is 0.319. The minimum absolute atomic E-state index is 0.0207. The van der Waals surface area contributed by atoms with E-state index in [1.165, 1.54) is 18.2 Å². The van der Waals surface area contributed by atoms with Gasteiger partial charge < -0.3 is 4.74 Å². The lowest BCUT2D eigenvalue weighted by Crippen LogP contribution is -2.27. The van der Waals surface area contributed by atoms with E-state index >= 15 is 0 Å². The number of carbonyl (C=O) groups excluding carboxylic acids is 2. The van der Waals surface area contributed by atoms with Crippen molar-refractivity contribution in [2.75, 3.05) is 6.61 Å². The van der Waals surface area contributed by atoms with Crippen LogP contribution in [0.3, 0.4) is 0 Å². The van der Waals surface area contributed by atoms with Crippen LogP contribution in [0, 0.1) is 6.92 Å². The first-order chi connectivity index (χ1) is 13.4. The van der Waals surface area contributed by atoms with E-state index < -0.39 is 21.7 Å². The molecule has 28 heavy (non-hydrogen) atoms. The van der Waals surface area contributed by atoms with Crippen LogP contribution >= 0.6 is 0 Å². The molecular weight excluding hydrogens is 378 g/mol. The van der Waals surface area contributed by atoms with E-state index in [2.05, 4.69) is 4.72 Å². The smallest absolute Gasteiger partial charge is 0.340 e. The summed E-state index contributed by atoms with van der Waals surface area (Å²) in [5.74, 6) is -0.802. The monoisotopic (exact) mass is 399 g/mol. The van der Waals surface area contributed by atoms with Gasteiger partial charge in [-0.15, -0.1) is 0 Å². The Hall–Kier alpha value is -3.19. The highest BCUT2D eigenvalue weighted by Crippen LogP contribution is 2.15. The van der Waals surface area contributed by atoms with Gasteiger partial charge in [0.15, 0.2) is 6.29 Å². The first kappa shape index (κ1) is 21.1. The zero-order valence-corrected chi connectivity index (χ0v) is 16.4. The van der Waals surface area contributed by atoms with Crippen LogP contribution in [0.25, 0.3) is 6.08 Å². The van der Waals surface area contributed by atoms with Crippen LogP contribution in [0.1, 0.15) is 18.1 Å². The fourth-order valence-electron chi connectivity index (χ4n) is 2.28. The number of aryl methyl sites for hydroxylation is 1. The molecule has 2 aromatic rings. The third kappa shape index (κ3) is 5.65. The van der Waals surface area contributed by atoms with Gasteiger partial charge in [-0.3, -0.25) is 9.52 Å². The number of hydrogen-bond acceptors (Lipinski definition) is 5. The van der Waals surface area contributed by atoms with E-state index in [4.69, 9.17) is 4.74 Å². The summed E-state index contributed by atoms with van der Waals surface area (Å²) in [4.78, 5) is 23.9. The van der Waals surface area contributed by atoms with E-state index in [0.717, 1.165) is 11.1 Å². The van der Waals surface area contributed by atoms with Gasteiger partial charge in [0.05, 0.1) is 17.1 Å². The van der Waals surface area contributed by atoms with Gasteiger partial charge >= 0.3 is 5.97 Å². The fraction of sp³-hybridized carbons (Fsp3) is 0.143. The van der Waals surface area contributed by atoms with Crippen molar-refractivity contribution in [2.24, 2.45) is 0 Å². The van der Waals surface area contributed by atoms with Crippen molar-refractivity contribution >= 4 is 28.4 Å². The summed E-state index contributed by atoms with van der Waals surface area (Å²) in [5, 5.41) is 0. The maximum absolute atomic E-state index is 12.6. The van der Waals surface area contributed by atoms with Gasteiger partial charge in [-0.05, 0) is 37.6 Å². The number of carbonyl (C=O) groups is 2. The van der Waals surface area contributed by atoms with Crippen LogP contribution in [-0.2, 0) is 24.3 Å². The molecule has 0 spiro atoms. The molecule has 0 fully saturated rings. The molecule has 0 aliphatic heterocycles. The second-order valence-corrected chi connectivity index (χ2v) is 7.51. The summed E-state index contributed by atoms with van der Waals surface area (Å²) in [7, 11) is -4.05. The summed E-state index contributed by atoms with van der Waals surface area (Å²) in [6, 6.07) is 15.2. The molecule has 0 bridgehead atoms. The van der Waals surface area contributed by atoms with E-state index in [-0.39, 0.29) is 23.4 Å². The molecule has 146 valence electrons. The Morgan fingerprint density at radius 2 is 1.71 bits per heavy atom. The number of aldehydes is 1. The topological polar surface area (TPSA) is 89.5 Å². The third-order valence-electron chi connectivity index (χ3n) is 3.72. The molecule has 0 saturated carbocycles. The molecule has 2 rings (SSSR count). The molecule has 2 aromatic carbocycles. The van der Waals surface area contributed by atoms with Crippen molar-refractivity contribution in [1.29, 1.82) is 0 Å². The van der Waals surface area contributed by atoms with Gasteiger partial charge in [0, 0.05) is 0 Å². The van der Waals surface area contributed by atoms with Gasteiger partial charge in [0.1, 0.15) is 5.70 Å². The first-order valence-electron chi connectivity index (χ1n) is 8.56. The Morgan fingerprint density at radius 3 is 2.29 bits per heavy atom. The molecule has 1 N–H and O–H groups in total.